The van der Waals surface area contributed by atoms with E-state index in [1.165, 1.54) is 22.9 Å². The molecule has 4 unspecified atom stereocenters. The first kappa shape index (κ1) is 21.1. The average Bonchev–Trinajstić information content (AvgIpc) is 3.49. The van der Waals surface area contributed by atoms with Crippen LogP contribution in [0.25, 0.3) is 5.57 Å². The van der Waals surface area contributed by atoms with Crippen molar-refractivity contribution in [2.24, 2.45) is 17.3 Å². The molecule has 3 aliphatic carbocycles. The van der Waals surface area contributed by atoms with Gasteiger partial charge in [-0.3, -0.25) is 9.78 Å². The van der Waals surface area contributed by atoms with E-state index in [0.717, 1.165) is 37.7 Å². The lowest BCUT2D eigenvalue weighted by molar-refractivity contribution is 0.0884. The second kappa shape index (κ2) is 8.11. The minimum atomic E-state index is -0.275. The molecule has 0 bridgehead atoms. The van der Waals surface area contributed by atoms with Crippen LogP contribution in [0.2, 0.25) is 0 Å². The van der Waals surface area contributed by atoms with Gasteiger partial charge in [-0.25, -0.2) is 9.49 Å². The van der Waals surface area contributed by atoms with Gasteiger partial charge in [-0.1, -0.05) is 19.1 Å². The molecule has 2 aromatic heterocycles. The molecular weight excluding hydrogens is 431 g/mol. The highest BCUT2D eigenvalue weighted by Gasteiger charge is 2.52. The van der Waals surface area contributed by atoms with Crippen LogP contribution in [-0.4, -0.2) is 31.5 Å². The molecule has 34 heavy (non-hydrogen) atoms. The predicted molar refractivity (Wildman–Crippen MR) is 124 cm³/mol. The third kappa shape index (κ3) is 3.43. The Balaban J connectivity index is 1.21. The highest BCUT2D eigenvalue weighted by Crippen LogP contribution is 2.63. The lowest BCUT2D eigenvalue weighted by Crippen LogP contribution is -2.41. The number of benzene rings is 1. The predicted octanol–water partition coefficient (Wildman–Crippen LogP) is 4.21. The summed E-state index contributed by atoms with van der Waals surface area (Å²) in [4.78, 5) is 16.8. The summed E-state index contributed by atoms with van der Waals surface area (Å²) < 4.78 is 13.9. The number of halogens is 1. The first-order valence-electron chi connectivity index (χ1n) is 12.0. The Morgan fingerprint density at radius 3 is 3.00 bits per heavy atom. The number of tetrazole rings is 1. The molecule has 1 saturated carbocycles. The van der Waals surface area contributed by atoms with Gasteiger partial charge in [0.2, 0.25) is 0 Å². The van der Waals surface area contributed by atoms with Crippen LogP contribution < -0.4 is 5.32 Å². The SMILES string of the molecule is CC12CCC3c4ccc(C(=O)NCc5nnn[nH]5)cc4CCC3C1CC=C2c1cncc(F)c1. The first-order chi connectivity index (χ1) is 16.5. The molecule has 0 aliphatic heterocycles. The van der Waals surface area contributed by atoms with Gasteiger partial charge in [-0.05, 0) is 106 Å². The lowest BCUT2D eigenvalue weighted by Gasteiger charge is -2.50. The fourth-order valence-corrected chi connectivity index (χ4v) is 6.82. The van der Waals surface area contributed by atoms with Gasteiger partial charge in [-0.15, -0.1) is 5.10 Å². The molecule has 4 atom stereocenters. The fourth-order valence-electron chi connectivity index (χ4n) is 6.82. The van der Waals surface area contributed by atoms with Crippen LogP contribution >= 0.6 is 0 Å². The van der Waals surface area contributed by atoms with Gasteiger partial charge in [-0.2, -0.15) is 0 Å². The summed E-state index contributed by atoms with van der Waals surface area (Å²) in [5.41, 5.74) is 5.62. The molecule has 1 aromatic carbocycles. The van der Waals surface area contributed by atoms with Gasteiger partial charge in [0.25, 0.3) is 5.91 Å². The van der Waals surface area contributed by atoms with E-state index in [1.54, 1.807) is 12.3 Å². The van der Waals surface area contributed by atoms with Crippen LogP contribution in [0.3, 0.4) is 0 Å². The maximum absolute atomic E-state index is 13.9. The van der Waals surface area contributed by atoms with Gasteiger partial charge in [0.15, 0.2) is 5.82 Å². The summed E-state index contributed by atoms with van der Waals surface area (Å²) in [6.45, 7) is 2.63. The second-order valence-corrected chi connectivity index (χ2v) is 10.1. The quantitative estimate of drug-likeness (QED) is 0.610. The summed E-state index contributed by atoms with van der Waals surface area (Å²) in [5.74, 6) is 1.79. The average molecular weight is 459 g/mol. The van der Waals surface area contributed by atoms with Crippen LogP contribution in [0.5, 0.6) is 0 Å². The zero-order valence-corrected chi connectivity index (χ0v) is 19.1. The maximum atomic E-state index is 13.9. The van der Waals surface area contributed by atoms with E-state index in [0.29, 0.717) is 29.1 Å². The van der Waals surface area contributed by atoms with Gasteiger partial charge in [0.1, 0.15) is 5.82 Å². The topological polar surface area (TPSA) is 96.5 Å². The molecule has 2 heterocycles. The highest BCUT2D eigenvalue weighted by atomic mass is 19.1. The molecule has 1 amide bonds. The van der Waals surface area contributed by atoms with Crippen LogP contribution in [0, 0.1) is 23.1 Å². The zero-order valence-electron chi connectivity index (χ0n) is 19.1. The number of allylic oxidation sites excluding steroid dienone is 2. The Bertz CT molecular complexity index is 1270. The third-order valence-electron chi connectivity index (χ3n) is 8.39. The second-order valence-electron chi connectivity index (χ2n) is 10.1. The smallest absolute Gasteiger partial charge is 0.251 e. The summed E-state index contributed by atoms with van der Waals surface area (Å²) >= 11 is 0. The fraction of sp³-hybridized carbons (Fsp3) is 0.423. The molecule has 3 aliphatic rings. The summed E-state index contributed by atoms with van der Waals surface area (Å²) in [6, 6.07) is 7.80. The molecule has 0 spiro atoms. The van der Waals surface area contributed by atoms with Crippen molar-refractivity contribution in [3.63, 3.8) is 0 Å². The van der Waals surface area contributed by atoms with E-state index in [4.69, 9.17) is 0 Å². The number of aromatic amines is 1. The Kier molecular flexibility index (Phi) is 5.04. The number of hydrogen-bond acceptors (Lipinski definition) is 5. The minimum Gasteiger partial charge on any atom is -0.345 e. The first-order valence-corrected chi connectivity index (χ1v) is 12.0. The van der Waals surface area contributed by atoms with Crippen molar-refractivity contribution in [1.29, 1.82) is 0 Å². The summed E-state index contributed by atoms with van der Waals surface area (Å²) in [6.07, 6.45) is 10.7. The molecule has 7 nitrogen and oxygen atoms in total. The van der Waals surface area contributed by atoms with Crippen molar-refractivity contribution >= 4 is 11.5 Å². The number of H-pyrrole nitrogens is 1. The van der Waals surface area contributed by atoms with E-state index in [1.807, 2.05) is 6.07 Å². The number of carbonyl (C=O) groups is 1. The normalized spacial score (nSPS) is 27.4. The largest absolute Gasteiger partial charge is 0.345 e. The number of pyridine rings is 1. The Labute approximate surface area is 197 Å². The molecule has 0 saturated heterocycles. The van der Waals surface area contributed by atoms with Crippen molar-refractivity contribution in [2.75, 3.05) is 0 Å². The lowest BCUT2D eigenvalue weighted by atomic mass is 9.54. The molecule has 2 N–H and O–H groups in total. The number of nitrogens with zero attached hydrogens (tertiary/aromatic N) is 4. The van der Waals surface area contributed by atoms with Crippen LogP contribution in [0.15, 0.2) is 42.7 Å². The van der Waals surface area contributed by atoms with Crippen molar-refractivity contribution in [3.05, 3.63) is 76.6 Å². The maximum Gasteiger partial charge on any atom is 0.251 e. The molecule has 0 radical (unpaired) electrons. The van der Waals surface area contributed by atoms with Gasteiger partial charge < -0.3 is 5.32 Å². The van der Waals surface area contributed by atoms with E-state index in [2.05, 4.69) is 56.1 Å². The molecular formula is C26H27FN6O. The van der Waals surface area contributed by atoms with Crippen molar-refractivity contribution in [1.82, 2.24) is 30.9 Å². The highest BCUT2D eigenvalue weighted by molar-refractivity contribution is 5.94. The molecule has 1 fully saturated rings. The van der Waals surface area contributed by atoms with Gasteiger partial charge in [0, 0.05) is 11.8 Å². The summed E-state index contributed by atoms with van der Waals surface area (Å²) in [5, 5.41) is 16.4. The Morgan fingerprint density at radius 2 is 2.18 bits per heavy atom. The number of aromatic nitrogens is 5. The number of hydrogen-bond donors (Lipinski definition) is 2. The Morgan fingerprint density at radius 1 is 1.26 bits per heavy atom. The van der Waals surface area contributed by atoms with Crippen LogP contribution in [-0.2, 0) is 13.0 Å². The molecule has 3 aromatic rings. The number of nitrogens with one attached hydrogen (secondary N) is 2. The van der Waals surface area contributed by atoms with E-state index < -0.39 is 0 Å². The van der Waals surface area contributed by atoms with E-state index in [9.17, 15) is 9.18 Å². The molecule has 6 rings (SSSR count). The van der Waals surface area contributed by atoms with Crippen molar-refractivity contribution in [3.8, 4) is 0 Å². The molecule has 8 heteroatoms. The van der Waals surface area contributed by atoms with Gasteiger partial charge >= 0.3 is 0 Å². The van der Waals surface area contributed by atoms with Crippen LogP contribution in [0.1, 0.15) is 71.4 Å². The number of aryl methyl sites for hydroxylation is 1. The number of fused-ring (bicyclic) bond motifs is 5. The van der Waals surface area contributed by atoms with E-state index >= 15 is 0 Å². The number of rotatable bonds is 4. The summed E-state index contributed by atoms with van der Waals surface area (Å²) in [7, 11) is 0. The van der Waals surface area contributed by atoms with Crippen molar-refractivity contribution in [2.45, 2.75) is 51.5 Å². The molecule has 174 valence electrons. The minimum absolute atomic E-state index is 0.0591. The Hall–Kier alpha value is -3.42. The van der Waals surface area contributed by atoms with Crippen LogP contribution in [0.4, 0.5) is 4.39 Å². The van der Waals surface area contributed by atoms with Crippen molar-refractivity contribution < 1.29 is 9.18 Å². The zero-order chi connectivity index (χ0) is 23.3. The number of amides is 1. The van der Waals surface area contributed by atoms with Gasteiger partial charge in [0.05, 0.1) is 12.7 Å². The number of carbonyl (C=O) groups excluding carboxylic acids is 1. The monoisotopic (exact) mass is 458 g/mol. The van der Waals surface area contributed by atoms with E-state index in [-0.39, 0.29) is 23.7 Å². The standard InChI is InChI=1S/C26H27FN6O/c1-26-9-8-20-19-4-3-16(25(34)29-14-24-30-32-33-31-24)10-15(19)2-5-21(20)23(26)7-6-22(26)17-11-18(27)13-28-12-17/h3-4,6,10-13,20-21,23H,2,5,7-9,14H2,1H3,(H,29,34)(H,30,31,32,33). The third-order valence-corrected chi connectivity index (χ3v) is 8.39.